The Labute approximate surface area is 101 Å². The van der Waals surface area contributed by atoms with Crippen molar-refractivity contribution in [2.45, 2.75) is 24.4 Å². The molecular weight excluding hydrogens is 278 g/mol. The van der Waals surface area contributed by atoms with Crippen molar-refractivity contribution in [2.24, 2.45) is 0 Å². The molecule has 1 aromatic rings. The van der Waals surface area contributed by atoms with Crippen molar-refractivity contribution in [3.05, 3.63) is 28.5 Å². The van der Waals surface area contributed by atoms with E-state index in [0.717, 1.165) is 4.47 Å². The highest BCUT2D eigenvalue weighted by Crippen LogP contribution is 2.32. The van der Waals surface area contributed by atoms with E-state index in [1.165, 1.54) is 0 Å². The van der Waals surface area contributed by atoms with Gasteiger partial charge in [-0.15, -0.1) is 0 Å². The smallest absolute Gasteiger partial charge is 0.128 e. The van der Waals surface area contributed by atoms with Gasteiger partial charge in [0.15, 0.2) is 0 Å². The molecule has 2 rings (SSSR count). The lowest BCUT2D eigenvalue weighted by Crippen LogP contribution is -2.32. The maximum atomic E-state index is 9.74. The van der Waals surface area contributed by atoms with Crippen LogP contribution < -0.4 is 0 Å². The molecular formula is C10H12BrNO4. The first-order valence-corrected chi connectivity index (χ1v) is 5.66. The van der Waals surface area contributed by atoms with E-state index in [9.17, 15) is 10.2 Å². The second-order valence-electron chi connectivity index (χ2n) is 3.66. The topological polar surface area (TPSA) is 82.8 Å². The van der Waals surface area contributed by atoms with Gasteiger partial charge in [0, 0.05) is 10.7 Å². The van der Waals surface area contributed by atoms with Crippen LogP contribution in [0.25, 0.3) is 0 Å². The summed E-state index contributed by atoms with van der Waals surface area (Å²) in [6.07, 6.45) is -2.01. The zero-order valence-corrected chi connectivity index (χ0v) is 9.91. The standard InChI is InChI=1S/C10H12BrNO4/c11-5-1-2-6(12-3-5)10-9(15)8(14)7(4-13)16-10/h1-3,7-10,13-15H,4H2/t7-,8-,9-,10+/m1/s1. The summed E-state index contributed by atoms with van der Waals surface area (Å²) in [5.41, 5.74) is 0.533. The second kappa shape index (κ2) is 4.77. The van der Waals surface area contributed by atoms with Crippen LogP contribution in [-0.4, -0.2) is 45.2 Å². The van der Waals surface area contributed by atoms with Crippen molar-refractivity contribution in [3.8, 4) is 0 Å². The second-order valence-corrected chi connectivity index (χ2v) is 4.58. The largest absolute Gasteiger partial charge is 0.394 e. The minimum absolute atomic E-state index is 0.328. The minimum Gasteiger partial charge on any atom is -0.394 e. The first kappa shape index (κ1) is 11.9. The molecule has 0 bridgehead atoms. The maximum absolute atomic E-state index is 9.74. The highest BCUT2D eigenvalue weighted by Gasteiger charge is 2.43. The first-order valence-electron chi connectivity index (χ1n) is 4.87. The number of rotatable bonds is 2. The van der Waals surface area contributed by atoms with Crippen LogP contribution in [0.5, 0.6) is 0 Å². The normalized spacial score (nSPS) is 34.2. The van der Waals surface area contributed by atoms with Crippen LogP contribution in [0.3, 0.4) is 0 Å². The molecule has 3 N–H and O–H groups in total. The monoisotopic (exact) mass is 289 g/mol. The predicted molar refractivity (Wildman–Crippen MR) is 58.7 cm³/mol. The molecule has 0 aliphatic carbocycles. The van der Waals surface area contributed by atoms with Gasteiger partial charge in [-0.25, -0.2) is 0 Å². The molecule has 6 heteroatoms. The number of aromatic nitrogens is 1. The van der Waals surface area contributed by atoms with Crippen LogP contribution in [0.15, 0.2) is 22.8 Å². The molecule has 0 spiro atoms. The molecule has 5 nitrogen and oxygen atoms in total. The van der Waals surface area contributed by atoms with E-state index < -0.39 is 24.4 Å². The molecule has 1 aliphatic heterocycles. The molecule has 0 radical (unpaired) electrons. The van der Waals surface area contributed by atoms with Gasteiger partial charge in [0.1, 0.15) is 24.4 Å². The van der Waals surface area contributed by atoms with Gasteiger partial charge in [-0.05, 0) is 28.1 Å². The van der Waals surface area contributed by atoms with Crippen molar-refractivity contribution >= 4 is 15.9 Å². The lowest BCUT2D eigenvalue weighted by atomic mass is 10.1. The molecule has 0 saturated carbocycles. The van der Waals surface area contributed by atoms with E-state index in [4.69, 9.17) is 9.84 Å². The van der Waals surface area contributed by atoms with Crippen LogP contribution in [0, 0.1) is 0 Å². The van der Waals surface area contributed by atoms with Gasteiger partial charge < -0.3 is 20.1 Å². The number of hydrogen-bond acceptors (Lipinski definition) is 5. The fourth-order valence-corrected chi connectivity index (χ4v) is 1.93. The molecule has 16 heavy (non-hydrogen) atoms. The highest BCUT2D eigenvalue weighted by molar-refractivity contribution is 9.10. The van der Waals surface area contributed by atoms with E-state index in [1.54, 1.807) is 18.3 Å². The number of pyridine rings is 1. The lowest BCUT2D eigenvalue weighted by molar-refractivity contribution is -0.0239. The van der Waals surface area contributed by atoms with Crippen LogP contribution in [0.1, 0.15) is 11.8 Å². The van der Waals surface area contributed by atoms with Crippen molar-refractivity contribution in [2.75, 3.05) is 6.61 Å². The summed E-state index contributed by atoms with van der Waals surface area (Å²) in [6.45, 7) is -0.328. The Hall–Kier alpha value is -0.530. The van der Waals surface area contributed by atoms with Crippen LogP contribution >= 0.6 is 15.9 Å². The van der Waals surface area contributed by atoms with Gasteiger partial charge in [-0.2, -0.15) is 0 Å². The van der Waals surface area contributed by atoms with Gasteiger partial charge in [0.25, 0.3) is 0 Å². The Morgan fingerprint density at radius 2 is 2.06 bits per heavy atom. The van der Waals surface area contributed by atoms with Crippen molar-refractivity contribution in [1.29, 1.82) is 0 Å². The summed E-state index contributed by atoms with van der Waals surface area (Å²) in [5, 5.41) is 28.3. The Bertz CT molecular complexity index is 358. The number of ether oxygens (including phenoxy) is 1. The van der Waals surface area contributed by atoms with E-state index in [-0.39, 0.29) is 6.61 Å². The summed E-state index contributed by atoms with van der Waals surface area (Å²) in [5.74, 6) is 0. The Balaban J connectivity index is 2.19. The molecule has 1 aromatic heterocycles. The quantitative estimate of drug-likeness (QED) is 0.714. The third kappa shape index (κ3) is 2.11. The van der Waals surface area contributed by atoms with Crippen molar-refractivity contribution in [3.63, 3.8) is 0 Å². The summed E-state index contributed by atoms with van der Waals surface area (Å²) >= 11 is 3.25. The summed E-state index contributed by atoms with van der Waals surface area (Å²) in [4.78, 5) is 4.09. The molecule has 0 amide bonds. The SMILES string of the molecule is OC[C@H]1O[C@@H](c2ccc(Br)cn2)[C@H](O)[C@@H]1O. The molecule has 1 saturated heterocycles. The van der Waals surface area contributed by atoms with E-state index in [0.29, 0.717) is 5.69 Å². The molecule has 0 unspecified atom stereocenters. The third-order valence-corrected chi connectivity index (χ3v) is 3.05. The molecule has 4 atom stereocenters. The summed E-state index contributed by atoms with van der Waals surface area (Å²) < 4.78 is 6.16. The number of hydrogen-bond donors (Lipinski definition) is 3. The Morgan fingerprint density at radius 1 is 1.31 bits per heavy atom. The van der Waals surface area contributed by atoms with Crippen molar-refractivity contribution in [1.82, 2.24) is 4.98 Å². The van der Waals surface area contributed by atoms with Crippen LogP contribution in [-0.2, 0) is 4.74 Å². The van der Waals surface area contributed by atoms with Gasteiger partial charge in [-0.1, -0.05) is 0 Å². The van der Waals surface area contributed by atoms with Gasteiger partial charge in [0.2, 0.25) is 0 Å². The molecule has 2 heterocycles. The fraction of sp³-hybridized carbons (Fsp3) is 0.500. The molecule has 88 valence electrons. The highest BCUT2D eigenvalue weighted by atomic mass is 79.9. The van der Waals surface area contributed by atoms with E-state index >= 15 is 0 Å². The maximum Gasteiger partial charge on any atom is 0.128 e. The van der Waals surface area contributed by atoms with E-state index in [2.05, 4.69) is 20.9 Å². The minimum atomic E-state index is -1.08. The van der Waals surface area contributed by atoms with E-state index in [1.807, 2.05) is 0 Å². The van der Waals surface area contributed by atoms with Gasteiger partial charge in [-0.3, -0.25) is 4.98 Å². The summed E-state index contributed by atoms with van der Waals surface area (Å²) in [7, 11) is 0. The van der Waals surface area contributed by atoms with Gasteiger partial charge in [0.05, 0.1) is 12.3 Å². The average Bonchev–Trinajstić information content (AvgIpc) is 2.57. The molecule has 0 aromatic carbocycles. The Morgan fingerprint density at radius 3 is 2.56 bits per heavy atom. The predicted octanol–water partition coefficient (Wildman–Crippen LogP) is -0.00190. The zero-order chi connectivity index (χ0) is 11.7. The summed E-state index contributed by atoms with van der Waals surface area (Å²) in [6, 6.07) is 3.47. The zero-order valence-electron chi connectivity index (χ0n) is 8.32. The van der Waals surface area contributed by atoms with Crippen LogP contribution in [0.2, 0.25) is 0 Å². The Kier molecular flexibility index (Phi) is 3.56. The van der Waals surface area contributed by atoms with Crippen molar-refractivity contribution < 1.29 is 20.1 Å². The molecule has 1 aliphatic rings. The first-order chi connectivity index (χ1) is 7.63. The number of nitrogens with zero attached hydrogens (tertiary/aromatic N) is 1. The van der Waals surface area contributed by atoms with Crippen LogP contribution in [0.4, 0.5) is 0 Å². The average molecular weight is 290 g/mol. The fourth-order valence-electron chi connectivity index (χ4n) is 1.70. The number of aliphatic hydroxyl groups excluding tert-OH is 3. The lowest BCUT2D eigenvalue weighted by Gasteiger charge is -2.13. The number of halogens is 1. The molecule has 1 fully saturated rings. The van der Waals surface area contributed by atoms with Gasteiger partial charge >= 0.3 is 0 Å². The third-order valence-electron chi connectivity index (χ3n) is 2.58. The number of aliphatic hydroxyl groups is 3.